The monoisotopic (exact) mass is 178 g/mol. The van der Waals surface area contributed by atoms with Crippen LogP contribution in [-0.2, 0) is 0 Å². The van der Waals surface area contributed by atoms with Crippen LogP contribution in [0.25, 0.3) is 10.9 Å². The summed E-state index contributed by atoms with van der Waals surface area (Å²) in [7, 11) is 0. The number of fused-ring (bicyclic) bond motifs is 1. The van der Waals surface area contributed by atoms with Gasteiger partial charge >= 0.3 is 0 Å². The minimum atomic E-state index is -1.29. The third-order valence-corrected chi connectivity index (χ3v) is 1.80. The molecule has 0 unspecified atom stereocenters. The second-order valence-corrected chi connectivity index (χ2v) is 2.70. The SMILES string of the molecule is O=C([O-])c1cc2cc(F)ccc2[nH]1. The van der Waals surface area contributed by atoms with Crippen molar-refractivity contribution in [1.29, 1.82) is 0 Å². The largest absolute Gasteiger partial charge is 0.543 e. The third kappa shape index (κ3) is 1.26. The molecule has 1 N–H and O–H groups in total. The van der Waals surface area contributed by atoms with E-state index in [4.69, 9.17) is 0 Å². The highest BCUT2D eigenvalue weighted by molar-refractivity contribution is 5.92. The van der Waals surface area contributed by atoms with Crippen molar-refractivity contribution in [1.82, 2.24) is 4.98 Å². The molecule has 1 aromatic heterocycles. The second-order valence-electron chi connectivity index (χ2n) is 2.70. The number of H-pyrrole nitrogens is 1. The average molecular weight is 178 g/mol. The molecule has 0 spiro atoms. The van der Waals surface area contributed by atoms with Gasteiger partial charge < -0.3 is 14.9 Å². The molecular weight excluding hydrogens is 173 g/mol. The van der Waals surface area contributed by atoms with Crippen LogP contribution in [0.4, 0.5) is 4.39 Å². The summed E-state index contributed by atoms with van der Waals surface area (Å²) in [5, 5.41) is 10.9. The minimum absolute atomic E-state index is 0.0411. The number of carbonyl (C=O) groups excluding carboxylic acids is 1. The van der Waals surface area contributed by atoms with Gasteiger partial charge in [-0.05, 0) is 24.3 Å². The number of benzene rings is 1. The van der Waals surface area contributed by atoms with Crippen LogP contribution < -0.4 is 5.11 Å². The van der Waals surface area contributed by atoms with Crippen LogP contribution in [0.1, 0.15) is 10.5 Å². The Labute approximate surface area is 72.8 Å². The maximum absolute atomic E-state index is 12.7. The standard InChI is InChI=1S/C9H6FNO2/c10-6-1-2-7-5(3-6)4-8(11-7)9(12)13/h1-4,11H,(H,12,13)/p-1. The Hall–Kier alpha value is -1.84. The summed E-state index contributed by atoms with van der Waals surface area (Å²) in [6.45, 7) is 0. The molecule has 4 heteroatoms. The molecule has 0 fully saturated rings. The number of aromatic amines is 1. The summed E-state index contributed by atoms with van der Waals surface area (Å²) in [6, 6.07) is 5.35. The van der Waals surface area contributed by atoms with Crippen molar-refractivity contribution in [3.05, 3.63) is 35.8 Å². The molecule has 0 bridgehead atoms. The molecule has 13 heavy (non-hydrogen) atoms. The molecule has 3 nitrogen and oxygen atoms in total. The van der Waals surface area contributed by atoms with Crippen molar-refractivity contribution in [2.24, 2.45) is 0 Å². The lowest BCUT2D eigenvalue weighted by molar-refractivity contribution is -0.255. The Morgan fingerprint density at radius 3 is 2.85 bits per heavy atom. The first-order valence-electron chi connectivity index (χ1n) is 3.66. The average Bonchev–Trinajstić information content (AvgIpc) is 2.46. The summed E-state index contributed by atoms with van der Waals surface area (Å²) in [6.07, 6.45) is 0. The number of halogens is 1. The Morgan fingerprint density at radius 1 is 1.38 bits per heavy atom. The minimum Gasteiger partial charge on any atom is -0.543 e. The predicted molar refractivity (Wildman–Crippen MR) is 42.6 cm³/mol. The first kappa shape index (κ1) is 7.79. The summed E-state index contributed by atoms with van der Waals surface area (Å²) in [5.41, 5.74) is 0.543. The van der Waals surface area contributed by atoms with Gasteiger partial charge in [0.15, 0.2) is 0 Å². The maximum Gasteiger partial charge on any atom is 0.123 e. The number of nitrogens with one attached hydrogen (secondary N) is 1. The van der Waals surface area contributed by atoms with E-state index in [1.807, 2.05) is 0 Å². The molecule has 0 aliphatic carbocycles. The van der Waals surface area contributed by atoms with E-state index < -0.39 is 11.8 Å². The molecule has 0 aliphatic rings. The molecule has 0 atom stereocenters. The van der Waals surface area contributed by atoms with Crippen molar-refractivity contribution in [2.45, 2.75) is 0 Å². The van der Waals surface area contributed by atoms with Gasteiger partial charge in [0.2, 0.25) is 0 Å². The van der Waals surface area contributed by atoms with Crippen molar-refractivity contribution in [3.63, 3.8) is 0 Å². The number of aromatic carboxylic acids is 1. The van der Waals surface area contributed by atoms with Gasteiger partial charge in [0, 0.05) is 10.9 Å². The van der Waals surface area contributed by atoms with Crippen LogP contribution in [0.2, 0.25) is 0 Å². The molecule has 66 valence electrons. The highest BCUT2D eigenvalue weighted by atomic mass is 19.1. The van der Waals surface area contributed by atoms with Crippen LogP contribution in [0, 0.1) is 5.82 Å². The fourth-order valence-corrected chi connectivity index (χ4v) is 1.21. The van der Waals surface area contributed by atoms with E-state index in [0.29, 0.717) is 10.9 Å². The number of carboxylic acid groups (broad SMARTS) is 1. The van der Waals surface area contributed by atoms with Crippen molar-refractivity contribution in [3.8, 4) is 0 Å². The quantitative estimate of drug-likeness (QED) is 0.697. The summed E-state index contributed by atoms with van der Waals surface area (Å²) >= 11 is 0. The van der Waals surface area contributed by atoms with E-state index in [1.54, 1.807) is 0 Å². The summed E-state index contributed by atoms with van der Waals surface area (Å²) < 4.78 is 12.7. The molecule has 2 rings (SSSR count). The first-order chi connectivity index (χ1) is 6.16. The van der Waals surface area contributed by atoms with Gasteiger partial charge in [0.25, 0.3) is 0 Å². The Morgan fingerprint density at radius 2 is 2.15 bits per heavy atom. The van der Waals surface area contributed by atoms with Gasteiger partial charge in [-0.3, -0.25) is 0 Å². The van der Waals surface area contributed by atoms with Gasteiger partial charge in [-0.25, -0.2) is 4.39 Å². The molecule has 0 saturated heterocycles. The van der Waals surface area contributed by atoms with Crippen LogP contribution in [0.5, 0.6) is 0 Å². The fourth-order valence-electron chi connectivity index (χ4n) is 1.21. The number of carbonyl (C=O) groups is 1. The zero-order valence-electron chi connectivity index (χ0n) is 6.50. The number of hydrogen-bond acceptors (Lipinski definition) is 2. The molecular formula is C9H5FNO2-. The van der Waals surface area contributed by atoms with Crippen LogP contribution in [0.3, 0.4) is 0 Å². The van der Waals surface area contributed by atoms with Crippen molar-refractivity contribution in [2.75, 3.05) is 0 Å². The molecule has 0 aliphatic heterocycles. The normalized spacial score (nSPS) is 10.5. The molecule has 1 heterocycles. The maximum atomic E-state index is 12.7. The van der Waals surface area contributed by atoms with Gasteiger partial charge in [0.1, 0.15) is 5.82 Å². The van der Waals surface area contributed by atoms with E-state index >= 15 is 0 Å². The van der Waals surface area contributed by atoms with E-state index in [2.05, 4.69) is 4.98 Å². The van der Waals surface area contributed by atoms with Gasteiger partial charge in [0.05, 0.1) is 11.7 Å². The molecule has 0 amide bonds. The Kier molecular flexibility index (Phi) is 1.55. The summed E-state index contributed by atoms with van der Waals surface area (Å²) in [5.74, 6) is -1.69. The zero-order valence-corrected chi connectivity index (χ0v) is 6.50. The number of carboxylic acids is 1. The van der Waals surface area contributed by atoms with Crippen LogP contribution in [0.15, 0.2) is 24.3 Å². The van der Waals surface area contributed by atoms with Gasteiger partial charge in [-0.2, -0.15) is 0 Å². The zero-order chi connectivity index (χ0) is 9.42. The third-order valence-electron chi connectivity index (χ3n) is 1.80. The number of rotatable bonds is 1. The topological polar surface area (TPSA) is 55.9 Å². The van der Waals surface area contributed by atoms with Gasteiger partial charge in [-0.1, -0.05) is 0 Å². The van der Waals surface area contributed by atoms with E-state index in [9.17, 15) is 14.3 Å². The molecule has 0 radical (unpaired) electrons. The van der Waals surface area contributed by atoms with Crippen molar-refractivity contribution >= 4 is 16.9 Å². The number of hydrogen-bond donors (Lipinski definition) is 1. The van der Waals surface area contributed by atoms with E-state index in [1.165, 1.54) is 24.3 Å². The molecule has 1 aromatic carbocycles. The summed E-state index contributed by atoms with van der Waals surface area (Å²) in [4.78, 5) is 13.0. The van der Waals surface area contributed by atoms with Crippen LogP contribution in [-0.4, -0.2) is 11.0 Å². The van der Waals surface area contributed by atoms with E-state index in [-0.39, 0.29) is 5.69 Å². The highest BCUT2D eigenvalue weighted by Gasteiger charge is 2.01. The molecule has 2 aromatic rings. The lowest BCUT2D eigenvalue weighted by atomic mass is 10.2. The van der Waals surface area contributed by atoms with Crippen molar-refractivity contribution < 1.29 is 14.3 Å². The predicted octanol–water partition coefficient (Wildman–Crippen LogP) is 0.670. The van der Waals surface area contributed by atoms with E-state index in [0.717, 1.165) is 0 Å². The smallest absolute Gasteiger partial charge is 0.123 e. The highest BCUT2D eigenvalue weighted by Crippen LogP contribution is 2.15. The fraction of sp³-hybridized carbons (Fsp3) is 0. The Bertz CT molecular complexity index is 475. The lowest BCUT2D eigenvalue weighted by Crippen LogP contribution is -2.22. The van der Waals surface area contributed by atoms with Gasteiger partial charge in [-0.15, -0.1) is 0 Å². The lowest BCUT2D eigenvalue weighted by Gasteiger charge is -1.93. The second kappa shape index (κ2) is 2.58. The van der Waals surface area contributed by atoms with Crippen LogP contribution >= 0.6 is 0 Å². The Balaban J connectivity index is 2.68. The number of aromatic nitrogens is 1. The first-order valence-corrected chi connectivity index (χ1v) is 3.66. The molecule has 0 saturated carbocycles.